The number of amides is 6. The fraction of sp³-hybridized carbons (Fsp3) is 0.556. The summed E-state index contributed by atoms with van der Waals surface area (Å²) in [5.74, 6) is -2.19. The van der Waals surface area contributed by atoms with Gasteiger partial charge in [-0.2, -0.15) is 0 Å². The predicted molar refractivity (Wildman–Crippen MR) is 145 cm³/mol. The van der Waals surface area contributed by atoms with E-state index in [1.807, 2.05) is 18.2 Å². The van der Waals surface area contributed by atoms with Crippen LogP contribution in [0.5, 0.6) is 0 Å². The Kier molecular flexibility index (Phi) is 10.9. The molecule has 2 N–H and O–H groups in total. The Hall–Kier alpha value is -4.36. The Labute approximate surface area is 238 Å². The van der Waals surface area contributed by atoms with Gasteiger partial charge < -0.3 is 39.7 Å². The molecule has 0 radical (unpaired) electrons. The first kappa shape index (κ1) is 31.2. The largest absolute Gasteiger partial charge is 0.445 e. The van der Waals surface area contributed by atoms with E-state index in [4.69, 9.17) is 9.47 Å². The molecule has 0 spiro atoms. The Balaban J connectivity index is 1.31. The molecule has 41 heavy (non-hydrogen) atoms. The van der Waals surface area contributed by atoms with Crippen LogP contribution < -0.4 is 10.6 Å². The summed E-state index contributed by atoms with van der Waals surface area (Å²) >= 11 is 0. The quantitative estimate of drug-likeness (QED) is 0.264. The van der Waals surface area contributed by atoms with Gasteiger partial charge >= 0.3 is 24.0 Å². The van der Waals surface area contributed by atoms with Gasteiger partial charge in [0.25, 0.3) is 0 Å². The second-order valence-corrected chi connectivity index (χ2v) is 10.6. The van der Waals surface area contributed by atoms with Gasteiger partial charge in [-0.15, -0.1) is 0 Å². The lowest BCUT2D eigenvalue weighted by Gasteiger charge is -2.38. The maximum absolute atomic E-state index is 12.8. The topological polar surface area (TPSA) is 158 Å². The Bertz CT molecular complexity index is 1110. The third-order valence-electron chi connectivity index (χ3n) is 6.36. The normalized spacial score (nSPS) is 15.6. The molecule has 6 amide bonds. The van der Waals surface area contributed by atoms with E-state index in [9.17, 15) is 28.8 Å². The third kappa shape index (κ3) is 9.96. The summed E-state index contributed by atoms with van der Waals surface area (Å²) in [7, 11) is 0. The predicted octanol–water partition coefficient (Wildman–Crippen LogP) is -0.221. The molecule has 14 heteroatoms. The highest BCUT2D eigenvalue weighted by molar-refractivity contribution is 6.35. The summed E-state index contributed by atoms with van der Waals surface area (Å²) in [6, 6.07) is 9.08. The standard InChI is InChI=1S/C27H38N6O8/c1-27(2,3)41-26(39)33-15-13-32(14-16-33)24(37)23(36)31-11-9-30(10-12-31)22(35)18-28-21(34)17-29-25(38)40-19-20-7-5-4-6-8-20/h4-8H,9-19H2,1-3H3,(H,28,34)(H,29,38)/i13+1,14+1,15+1,16+1,17+1,18+1,21+1,22+1,29+1,32+1,33+1. The minimum absolute atomic E-state index is 0.0671. The molecule has 0 unspecified atom stereocenters. The van der Waals surface area contributed by atoms with Crippen LogP contribution in [0.2, 0.25) is 0 Å². The van der Waals surface area contributed by atoms with Crippen LogP contribution in [-0.4, -0.2) is 126 Å². The molecule has 3 rings (SSSR count). The molecule has 1 aromatic rings. The van der Waals surface area contributed by atoms with E-state index < -0.39 is 35.5 Å². The molecule has 2 heterocycles. The number of carbonyl (C=O) groups excluding carboxylic acids is 6. The molecule has 0 saturated carbocycles. The number of nitrogens with one attached hydrogen (secondary N) is 2. The molecule has 14 nitrogen and oxygen atoms in total. The van der Waals surface area contributed by atoms with E-state index in [0.29, 0.717) is 0 Å². The summed E-state index contributed by atoms with van der Waals surface area (Å²) < 4.78 is 10.4. The van der Waals surface area contributed by atoms with E-state index in [1.54, 1.807) is 32.9 Å². The van der Waals surface area contributed by atoms with Crippen LogP contribution in [0.4, 0.5) is 9.59 Å². The lowest BCUT2D eigenvalue weighted by Crippen LogP contribution is -2.58. The van der Waals surface area contributed by atoms with Crippen molar-refractivity contribution in [3.63, 3.8) is 0 Å². The lowest BCUT2D eigenvalue weighted by molar-refractivity contribution is -0.154. The minimum atomic E-state index is -0.754. The van der Waals surface area contributed by atoms with Crippen LogP contribution in [0.25, 0.3) is 0 Å². The van der Waals surface area contributed by atoms with E-state index in [0.717, 1.165) is 5.56 Å². The summed E-state index contributed by atoms with van der Waals surface area (Å²) in [5, 5.41) is 4.77. The summed E-state index contributed by atoms with van der Waals surface area (Å²) in [4.78, 5) is 79.8. The maximum atomic E-state index is 12.8. The summed E-state index contributed by atoms with van der Waals surface area (Å²) in [5.41, 5.74) is 0.187. The first-order valence-corrected chi connectivity index (χ1v) is 13.5. The second kappa shape index (κ2) is 14.3. The van der Waals surface area contributed by atoms with Gasteiger partial charge in [-0.3, -0.25) is 19.2 Å². The Morgan fingerprint density at radius 2 is 1.22 bits per heavy atom. The maximum Gasteiger partial charge on any atom is 0.410 e. The van der Waals surface area contributed by atoms with Crippen molar-refractivity contribution in [3.8, 4) is 0 Å². The Morgan fingerprint density at radius 1 is 0.707 bits per heavy atom. The number of rotatable bonds is 6. The van der Waals surface area contributed by atoms with E-state index in [-0.39, 0.29) is 78.0 Å². The molecule has 0 atom stereocenters. The summed E-state index contributed by atoms with van der Waals surface area (Å²) in [6.45, 7) is 6.55. The highest BCUT2D eigenvalue weighted by Crippen LogP contribution is 2.13. The van der Waals surface area contributed by atoms with Crippen molar-refractivity contribution in [2.45, 2.75) is 33.0 Å². The van der Waals surface area contributed by atoms with Crippen LogP contribution in [0.1, 0.15) is 26.3 Å². The minimum Gasteiger partial charge on any atom is -0.445 e. The van der Waals surface area contributed by atoms with Crippen molar-refractivity contribution in [2.24, 2.45) is 0 Å². The van der Waals surface area contributed by atoms with Crippen LogP contribution >= 0.6 is 0 Å². The van der Waals surface area contributed by atoms with Gasteiger partial charge in [0.1, 0.15) is 18.8 Å². The molecule has 1 aromatic carbocycles. The highest BCUT2D eigenvalue weighted by Gasteiger charge is 2.34. The molecular weight excluding hydrogens is 547 g/mol. The lowest BCUT2D eigenvalue weighted by atomic mass is 10.2. The number of nitrogens with zero attached hydrogens (tertiary/aromatic N) is 4. The molecule has 0 aromatic heterocycles. The number of hydrogen-bond acceptors (Lipinski definition) is 8. The van der Waals surface area contributed by atoms with E-state index in [1.165, 1.54) is 19.6 Å². The fourth-order valence-corrected chi connectivity index (χ4v) is 4.12. The zero-order chi connectivity index (χ0) is 30.0. The highest BCUT2D eigenvalue weighted by atomic mass is 16.6. The molecule has 2 fully saturated rings. The SMILES string of the molecule is CC(C)(C)OC(=O)[15N]1[13CH2][13CH2][15N](C(=O)C(=O)N2CCN([13C](=O)[13CH2]N[13C](=O)[13CH2][15NH]C(=O)OCc3ccccc3)CC2)[13CH2][13CH2]1. The summed E-state index contributed by atoms with van der Waals surface area (Å²) in [6.07, 6.45) is -1.21. The van der Waals surface area contributed by atoms with Gasteiger partial charge in [0.2, 0.25) is 11.8 Å². The van der Waals surface area contributed by atoms with Crippen molar-refractivity contribution in [1.82, 2.24) is 30.2 Å². The average Bonchev–Trinajstić information content (AvgIpc) is 2.96. The number of benzene rings is 1. The molecule has 2 saturated heterocycles. The number of piperazine rings is 2. The van der Waals surface area contributed by atoms with Crippen molar-refractivity contribution in [3.05, 3.63) is 35.9 Å². The van der Waals surface area contributed by atoms with Crippen molar-refractivity contribution >= 4 is 35.8 Å². The fourth-order valence-electron chi connectivity index (χ4n) is 4.12. The zero-order valence-electron chi connectivity index (χ0n) is 23.7. The number of hydrogen-bond donors (Lipinski definition) is 2. The van der Waals surface area contributed by atoms with Crippen LogP contribution in [0.3, 0.4) is 0 Å². The van der Waals surface area contributed by atoms with E-state index >= 15 is 0 Å². The van der Waals surface area contributed by atoms with E-state index in [2.05, 4.69) is 10.6 Å². The number of ether oxygens (including phenoxy) is 2. The molecule has 0 aliphatic carbocycles. The molecular formula is C27H38N6O8. The smallest absolute Gasteiger partial charge is 0.410 e. The number of carbonyl (C=O) groups is 6. The number of alkyl carbamates (subject to hydrolysis) is 1. The third-order valence-corrected chi connectivity index (χ3v) is 6.36. The van der Waals surface area contributed by atoms with Gasteiger partial charge in [0.05, 0.1) is 6.54 Å². The molecule has 224 valence electrons. The first-order chi connectivity index (χ1) is 19.4. The van der Waals surface area contributed by atoms with Crippen LogP contribution in [0.15, 0.2) is 30.3 Å². The second-order valence-electron chi connectivity index (χ2n) is 10.6. The monoisotopic (exact) mass is 585 g/mol. The van der Waals surface area contributed by atoms with Gasteiger partial charge in [0, 0.05) is 52.4 Å². The van der Waals surface area contributed by atoms with Crippen molar-refractivity contribution in [2.75, 3.05) is 65.4 Å². The van der Waals surface area contributed by atoms with Crippen LogP contribution in [0, 0.1) is 0 Å². The zero-order valence-corrected chi connectivity index (χ0v) is 23.7. The first-order valence-electron chi connectivity index (χ1n) is 13.5. The molecule has 2 aliphatic heterocycles. The van der Waals surface area contributed by atoms with Gasteiger partial charge in [0.15, 0.2) is 0 Å². The van der Waals surface area contributed by atoms with Crippen LogP contribution in [-0.2, 0) is 35.3 Å². The van der Waals surface area contributed by atoms with Gasteiger partial charge in [-0.05, 0) is 26.3 Å². The van der Waals surface area contributed by atoms with Gasteiger partial charge in [-0.25, -0.2) is 9.59 Å². The molecule has 2 aliphatic rings. The Morgan fingerprint density at radius 3 is 1.76 bits per heavy atom. The average molecular weight is 586 g/mol. The van der Waals surface area contributed by atoms with Crippen molar-refractivity contribution in [1.29, 1.82) is 0 Å². The molecule has 0 bridgehead atoms. The van der Waals surface area contributed by atoms with Crippen molar-refractivity contribution < 1.29 is 38.2 Å². The van der Waals surface area contributed by atoms with Gasteiger partial charge in [-0.1, -0.05) is 30.3 Å².